The summed E-state index contributed by atoms with van der Waals surface area (Å²) in [5.41, 5.74) is 6.37. The molecule has 1 aromatic carbocycles. The molecular weight excluding hydrogens is 264 g/mol. The molecule has 1 amide bonds. The molecule has 4 nitrogen and oxygen atoms in total. The van der Waals surface area contributed by atoms with E-state index in [1.165, 1.54) is 18.2 Å². The molecule has 0 aliphatic heterocycles. The van der Waals surface area contributed by atoms with E-state index in [1.807, 2.05) is 0 Å². The maximum absolute atomic E-state index is 12.2. The first-order chi connectivity index (χ1) is 9.08. The zero-order valence-corrected chi connectivity index (χ0v) is 11.5. The highest BCUT2D eigenvalue weighted by molar-refractivity contribution is 6.33. The fourth-order valence-electron chi connectivity index (χ4n) is 2.45. The zero-order valence-electron chi connectivity index (χ0n) is 10.7. The minimum atomic E-state index is -0.275. The van der Waals surface area contributed by atoms with Crippen molar-refractivity contribution >= 4 is 17.5 Å². The number of rotatable bonds is 2. The second kappa shape index (κ2) is 6.26. The summed E-state index contributed by atoms with van der Waals surface area (Å²) < 4.78 is 0. The molecule has 2 rings (SSSR count). The van der Waals surface area contributed by atoms with Gasteiger partial charge < -0.3 is 16.2 Å². The van der Waals surface area contributed by atoms with E-state index in [-0.39, 0.29) is 29.3 Å². The number of nitrogens with one attached hydrogen (secondary N) is 1. The van der Waals surface area contributed by atoms with Gasteiger partial charge in [0.05, 0.1) is 10.6 Å². The van der Waals surface area contributed by atoms with Gasteiger partial charge in [-0.05, 0) is 31.0 Å². The van der Waals surface area contributed by atoms with Crippen LogP contribution >= 0.6 is 11.6 Å². The van der Waals surface area contributed by atoms with Crippen molar-refractivity contribution in [3.63, 3.8) is 0 Å². The first-order valence-corrected chi connectivity index (χ1v) is 7.00. The van der Waals surface area contributed by atoms with Crippen LogP contribution in [0.1, 0.15) is 42.5 Å². The molecule has 104 valence electrons. The largest absolute Gasteiger partial charge is 0.508 e. The van der Waals surface area contributed by atoms with Crippen molar-refractivity contribution < 1.29 is 9.90 Å². The van der Waals surface area contributed by atoms with Crippen LogP contribution in [0.15, 0.2) is 18.2 Å². The first kappa shape index (κ1) is 14.2. The van der Waals surface area contributed by atoms with Gasteiger partial charge in [-0.15, -0.1) is 0 Å². The van der Waals surface area contributed by atoms with Crippen LogP contribution in [0.5, 0.6) is 5.75 Å². The van der Waals surface area contributed by atoms with Crippen LogP contribution in [0, 0.1) is 0 Å². The molecule has 0 heterocycles. The number of aromatic hydroxyl groups is 1. The lowest BCUT2D eigenvalue weighted by Crippen LogP contribution is -2.47. The number of hydrogen-bond acceptors (Lipinski definition) is 3. The van der Waals surface area contributed by atoms with Gasteiger partial charge in [-0.3, -0.25) is 4.79 Å². The summed E-state index contributed by atoms with van der Waals surface area (Å²) in [4.78, 5) is 12.2. The minimum absolute atomic E-state index is 0.0115. The Morgan fingerprint density at radius 3 is 2.84 bits per heavy atom. The van der Waals surface area contributed by atoms with Crippen molar-refractivity contribution in [2.24, 2.45) is 5.73 Å². The van der Waals surface area contributed by atoms with Crippen molar-refractivity contribution in [1.82, 2.24) is 5.32 Å². The predicted molar refractivity (Wildman–Crippen MR) is 75.4 cm³/mol. The Kier molecular flexibility index (Phi) is 4.66. The Balaban J connectivity index is 2.09. The van der Waals surface area contributed by atoms with Gasteiger partial charge in [0.25, 0.3) is 5.91 Å². The van der Waals surface area contributed by atoms with E-state index in [9.17, 15) is 9.90 Å². The Morgan fingerprint density at radius 1 is 1.32 bits per heavy atom. The average molecular weight is 283 g/mol. The molecule has 0 bridgehead atoms. The highest BCUT2D eigenvalue weighted by Gasteiger charge is 2.23. The summed E-state index contributed by atoms with van der Waals surface area (Å²) in [5, 5.41) is 12.7. The monoisotopic (exact) mass is 282 g/mol. The molecule has 1 aliphatic carbocycles. The number of amides is 1. The standard InChI is InChI=1S/C14H19ClN2O2/c15-11-7-6-9(18)8-10(11)14(19)17-13-5-3-1-2-4-12(13)16/h6-8,12-13,18H,1-5,16H2,(H,17,19). The van der Waals surface area contributed by atoms with Crippen molar-refractivity contribution in [3.05, 3.63) is 28.8 Å². The van der Waals surface area contributed by atoms with Crippen LogP contribution in [-0.2, 0) is 0 Å². The first-order valence-electron chi connectivity index (χ1n) is 6.63. The van der Waals surface area contributed by atoms with E-state index in [0.717, 1.165) is 32.1 Å². The topological polar surface area (TPSA) is 75.3 Å². The third-order valence-corrected chi connectivity index (χ3v) is 3.91. The van der Waals surface area contributed by atoms with Crippen LogP contribution < -0.4 is 11.1 Å². The minimum Gasteiger partial charge on any atom is -0.508 e. The number of nitrogens with two attached hydrogens (primary N) is 1. The molecule has 0 radical (unpaired) electrons. The molecule has 1 aliphatic rings. The van der Waals surface area contributed by atoms with Crippen molar-refractivity contribution in [1.29, 1.82) is 0 Å². The number of halogens is 1. The Hall–Kier alpha value is -1.26. The normalized spacial score (nSPS) is 23.7. The molecule has 1 fully saturated rings. The maximum atomic E-state index is 12.2. The van der Waals surface area contributed by atoms with Gasteiger partial charge in [0.15, 0.2) is 0 Å². The lowest BCUT2D eigenvalue weighted by Gasteiger charge is -2.23. The SMILES string of the molecule is NC1CCCCCC1NC(=O)c1cc(O)ccc1Cl. The lowest BCUT2D eigenvalue weighted by molar-refractivity contribution is 0.0928. The molecule has 1 saturated carbocycles. The smallest absolute Gasteiger partial charge is 0.253 e. The number of phenols is 1. The van der Waals surface area contributed by atoms with Gasteiger partial charge >= 0.3 is 0 Å². The van der Waals surface area contributed by atoms with E-state index >= 15 is 0 Å². The Labute approximate surface area is 117 Å². The molecule has 2 unspecified atom stereocenters. The summed E-state index contributed by atoms with van der Waals surface area (Å²) in [6.45, 7) is 0. The second-order valence-electron chi connectivity index (χ2n) is 5.05. The van der Waals surface area contributed by atoms with Crippen molar-refractivity contribution in [3.8, 4) is 5.75 Å². The number of benzene rings is 1. The third kappa shape index (κ3) is 3.61. The van der Waals surface area contributed by atoms with Crippen LogP contribution in [0.2, 0.25) is 5.02 Å². The average Bonchev–Trinajstić information content (AvgIpc) is 2.58. The van der Waals surface area contributed by atoms with Crippen molar-refractivity contribution in [2.75, 3.05) is 0 Å². The molecule has 19 heavy (non-hydrogen) atoms. The van der Waals surface area contributed by atoms with Crippen LogP contribution in [0.3, 0.4) is 0 Å². The van der Waals surface area contributed by atoms with E-state index in [2.05, 4.69) is 5.32 Å². The molecule has 0 saturated heterocycles. The van der Waals surface area contributed by atoms with Gasteiger partial charge in [-0.1, -0.05) is 30.9 Å². The number of phenolic OH excluding ortho intramolecular Hbond substituents is 1. The van der Waals surface area contributed by atoms with E-state index in [0.29, 0.717) is 5.02 Å². The summed E-state index contributed by atoms with van der Waals surface area (Å²) in [7, 11) is 0. The third-order valence-electron chi connectivity index (χ3n) is 3.58. The van der Waals surface area contributed by atoms with Crippen molar-refractivity contribution in [2.45, 2.75) is 44.2 Å². The van der Waals surface area contributed by atoms with Crippen LogP contribution in [0.25, 0.3) is 0 Å². The maximum Gasteiger partial charge on any atom is 0.253 e. The zero-order chi connectivity index (χ0) is 13.8. The lowest BCUT2D eigenvalue weighted by atomic mass is 10.0. The molecular formula is C14H19ClN2O2. The summed E-state index contributed by atoms with van der Waals surface area (Å²) in [6, 6.07) is 4.31. The van der Waals surface area contributed by atoms with Gasteiger partial charge in [0, 0.05) is 12.1 Å². The molecule has 0 aromatic heterocycles. The summed E-state index contributed by atoms with van der Waals surface area (Å²) in [5.74, 6) is -0.247. The highest BCUT2D eigenvalue weighted by Crippen LogP contribution is 2.22. The number of hydrogen-bond donors (Lipinski definition) is 3. The fourth-order valence-corrected chi connectivity index (χ4v) is 2.65. The molecule has 1 aromatic rings. The highest BCUT2D eigenvalue weighted by atomic mass is 35.5. The second-order valence-corrected chi connectivity index (χ2v) is 5.45. The Bertz CT molecular complexity index is 465. The summed E-state index contributed by atoms with van der Waals surface area (Å²) >= 11 is 5.97. The Morgan fingerprint density at radius 2 is 2.05 bits per heavy atom. The van der Waals surface area contributed by atoms with Crippen LogP contribution in [0.4, 0.5) is 0 Å². The predicted octanol–water partition coefficient (Wildman–Crippen LogP) is 2.44. The summed E-state index contributed by atoms with van der Waals surface area (Å²) in [6.07, 6.45) is 5.17. The quantitative estimate of drug-likeness (QED) is 0.729. The van der Waals surface area contributed by atoms with E-state index in [4.69, 9.17) is 17.3 Å². The number of carbonyl (C=O) groups is 1. The molecule has 5 heteroatoms. The van der Waals surface area contributed by atoms with Crippen LogP contribution in [-0.4, -0.2) is 23.1 Å². The van der Waals surface area contributed by atoms with Gasteiger partial charge in [-0.25, -0.2) is 0 Å². The van der Waals surface area contributed by atoms with Gasteiger partial charge in [0.1, 0.15) is 5.75 Å². The van der Waals surface area contributed by atoms with E-state index < -0.39 is 0 Å². The number of carbonyl (C=O) groups excluding carboxylic acids is 1. The van der Waals surface area contributed by atoms with E-state index in [1.54, 1.807) is 0 Å². The molecule has 4 N–H and O–H groups in total. The van der Waals surface area contributed by atoms with Gasteiger partial charge in [0.2, 0.25) is 0 Å². The molecule has 2 atom stereocenters. The molecule has 0 spiro atoms. The fraction of sp³-hybridized carbons (Fsp3) is 0.500. The van der Waals surface area contributed by atoms with Gasteiger partial charge in [-0.2, -0.15) is 0 Å².